The second-order valence-electron chi connectivity index (χ2n) is 5.84. The lowest BCUT2D eigenvalue weighted by Crippen LogP contribution is -2.04. The minimum atomic E-state index is -3.92. The van der Waals surface area contributed by atoms with Gasteiger partial charge in [-0.2, -0.15) is 5.26 Å². The van der Waals surface area contributed by atoms with E-state index in [-0.39, 0.29) is 9.80 Å². The fraction of sp³-hybridized carbons (Fsp3) is 0.0952. The number of sulfone groups is 1. The van der Waals surface area contributed by atoms with Crippen molar-refractivity contribution in [1.29, 1.82) is 5.26 Å². The third kappa shape index (κ3) is 3.19. The topological polar surface area (TPSA) is 67.2 Å². The minimum absolute atomic E-state index is 0.0927. The molecule has 3 aromatic carbocycles. The average molecular weight is 363 g/mol. The molecule has 0 amide bonds. The first-order valence-corrected chi connectivity index (χ1v) is 9.45. The number of fused-ring (bicyclic) bond motifs is 1. The van der Waals surface area contributed by atoms with Gasteiger partial charge in [0.05, 0.1) is 12.0 Å². The Labute approximate surface area is 152 Å². The van der Waals surface area contributed by atoms with Crippen LogP contribution in [0.15, 0.2) is 70.5 Å². The first-order chi connectivity index (χ1) is 12.5. The Hall–Kier alpha value is -3.10. The number of nitriles is 1. The molecule has 3 rings (SSSR count). The zero-order valence-corrected chi connectivity index (χ0v) is 15.2. The van der Waals surface area contributed by atoms with E-state index >= 15 is 0 Å². The van der Waals surface area contributed by atoms with E-state index in [1.165, 1.54) is 25.3 Å². The van der Waals surface area contributed by atoms with Crippen molar-refractivity contribution in [1.82, 2.24) is 0 Å². The van der Waals surface area contributed by atoms with Gasteiger partial charge in [-0.3, -0.25) is 0 Å². The van der Waals surface area contributed by atoms with Gasteiger partial charge in [-0.05, 0) is 42.0 Å². The quantitative estimate of drug-likeness (QED) is 0.640. The molecular formula is C21H17NO3S. The summed E-state index contributed by atoms with van der Waals surface area (Å²) in [7, 11) is -2.40. The van der Waals surface area contributed by atoms with Crippen LogP contribution < -0.4 is 4.74 Å². The van der Waals surface area contributed by atoms with Crippen LogP contribution in [0.25, 0.3) is 16.8 Å². The Morgan fingerprint density at radius 2 is 1.73 bits per heavy atom. The molecular weight excluding hydrogens is 346 g/mol. The van der Waals surface area contributed by atoms with Gasteiger partial charge in [0.1, 0.15) is 16.7 Å². The monoisotopic (exact) mass is 363 g/mol. The molecule has 4 nitrogen and oxygen atoms in total. The minimum Gasteiger partial charge on any atom is -0.496 e. The molecule has 0 aromatic heterocycles. The van der Waals surface area contributed by atoms with Crippen molar-refractivity contribution in [2.24, 2.45) is 0 Å². The van der Waals surface area contributed by atoms with Crippen molar-refractivity contribution in [3.63, 3.8) is 0 Å². The van der Waals surface area contributed by atoms with Crippen LogP contribution in [-0.4, -0.2) is 15.5 Å². The van der Waals surface area contributed by atoms with Gasteiger partial charge in [-0.25, -0.2) is 8.42 Å². The largest absolute Gasteiger partial charge is 0.496 e. The van der Waals surface area contributed by atoms with E-state index in [1.807, 2.05) is 43.3 Å². The second-order valence-corrected chi connectivity index (χ2v) is 7.76. The molecule has 0 saturated heterocycles. The van der Waals surface area contributed by atoms with Crippen LogP contribution in [0.3, 0.4) is 0 Å². The molecule has 26 heavy (non-hydrogen) atoms. The van der Waals surface area contributed by atoms with Gasteiger partial charge in [0.2, 0.25) is 9.84 Å². The van der Waals surface area contributed by atoms with Crippen molar-refractivity contribution in [3.05, 3.63) is 76.7 Å². The summed E-state index contributed by atoms with van der Waals surface area (Å²) in [6, 6.07) is 19.5. The maximum absolute atomic E-state index is 12.9. The highest BCUT2D eigenvalue weighted by Gasteiger charge is 2.22. The first-order valence-electron chi connectivity index (χ1n) is 7.96. The van der Waals surface area contributed by atoms with Crippen molar-refractivity contribution >= 4 is 26.7 Å². The van der Waals surface area contributed by atoms with Crippen molar-refractivity contribution in [2.45, 2.75) is 11.8 Å². The SMILES string of the molecule is COc1ccc2ccccc2c1/C=C(\C#N)S(=O)(=O)c1ccc(C)cc1. The van der Waals surface area contributed by atoms with Crippen LogP contribution in [0.4, 0.5) is 0 Å². The summed E-state index contributed by atoms with van der Waals surface area (Å²) in [5.74, 6) is 0.510. The molecule has 0 spiro atoms. The zero-order valence-electron chi connectivity index (χ0n) is 14.4. The summed E-state index contributed by atoms with van der Waals surface area (Å²) in [4.78, 5) is -0.230. The van der Waals surface area contributed by atoms with Crippen LogP contribution in [0.2, 0.25) is 0 Å². The standard InChI is InChI=1S/C21H17NO3S/c1-15-7-10-17(11-8-15)26(23,24)18(14-22)13-20-19-6-4-3-5-16(19)9-12-21(20)25-2/h3-13H,1-2H3/b18-13+. The molecule has 0 aliphatic heterocycles. The highest BCUT2D eigenvalue weighted by Crippen LogP contribution is 2.32. The van der Waals surface area contributed by atoms with Gasteiger partial charge in [-0.15, -0.1) is 0 Å². The highest BCUT2D eigenvalue weighted by atomic mass is 32.2. The maximum Gasteiger partial charge on any atom is 0.216 e. The van der Waals surface area contributed by atoms with Gasteiger partial charge in [0.15, 0.2) is 0 Å². The molecule has 130 valence electrons. The molecule has 0 heterocycles. The van der Waals surface area contributed by atoms with Gasteiger partial charge in [-0.1, -0.05) is 48.0 Å². The Morgan fingerprint density at radius 3 is 2.38 bits per heavy atom. The Kier molecular flexibility index (Phi) is 4.79. The summed E-state index contributed by atoms with van der Waals surface area (Å²) in [6.07, 6.45) is 1.39. The number of hydrogen-bond donors (Lipinski definition) is 0. The van der Waals surface area contributed by atoms with Gasteiger partial charge in [0, 0.05) is 5.56 Å². The lowest BCUT2D eigenvalue weighted by Gasteiger charge is -2.10. The molecule has 0 fully saturated rings. The van der Waals surface area contributed by atoms with E-state index in [1.54, 1.807) is 18.2 Å². The summed E-state index contributed by atoms with van der Waals surface area (Å²) in [5.41, 5.74) is 1.51. The summed E-state index contributed by atoms with van der Waals surface area (Å²) < 4.78 is 31.2. The van der Waals surface area contributed by atoms with E-state index in [0.29, 0.717) is 11.3 Å². The summed E-state index contributed by atoms with van der Waals surface area (Å²) in [6.45, 7) is 1.87. The number of methoxy groups -OCH3 is 1. The van der Waals surface area contributed by atoms with Crippen LogP contribution in [0.1, 0.15) is 11.1 Å². The number of allylic oxidation sites excluding steroid dienone is 1. The number of ether oxygens (including phenoxy) is 1. The van der Waals surface area contributed by atoms with Crippen molar-refractivity contribution in [2.75, 3.05) is 7.11 Å². The highest BCUT2D eigenvalue weighted by molar-refractivity contribution is 7.95. The number of aryl methyl sites for hydroxylation is 1. The van der Waals surface area contributed by atoms with Crippen molar-refractivity contribution < 1.29 is 13.2 Å². The summed E-state index contributed by atoms with van der Waals surface area (Å²) >= 11 is 0. The third-order valence-corrected chi connectivity index (χ3v) is 5.84. The fourth-order valence-corrected chi connectivity index (χ4v) is 3.89. The van der Waals surface area contributed by atoms with Gasteiger partial charge < -0.3 is 4.74 Å². The lowest BCUT2D eigenvalue weighted by molar-refractivity contribution is 0.414. The second kappa shape index (κ2) is 7.03. The molecule has 3 aromatic rings. The van der Waals surface area contributed by atoms with E-state index in [4.69, 9.17) is 4.74 Å². The predicted octanol–water partition coefficient (Wildman–Crippen LogP) is 4.50. The van der Waals surface area contributed by atoms with E-state index in [9.17, 15) is 13.7 Å². The molecule has 0 unspecified atom stereocenters. The van der Waals surface area contributed by atoms with Crippen LogP contribution in [0, 0.1) is 18.3 Å². The van der Waals surface area contributed by atoms with Crippen LogP contribution >= 0.6 is 0 Å². The normalized spacial score (nSPS) is 12.0. The zero-order chi connectivity index (χ0) is 18.7. The summed E-state index contributed by atoms with van der Waals surface area (Å²) in [5, 5.41) is 11.3. The Morgan fingerprint density at radius 1 is 1.04 bits per heavy atom. The Balaban J connectivity index is 2.23. The number of rotatable bonds is 4. The van der Waals surface area contributed by atoms with Gasteiger partial charge in [0.25, 0.3) is 0 Å². The fourth-order valence-electron chi connectivity index (χ4n) is 2.75. The van der Waals surface area contributed by atoms with Crippen LogP contribution in [0.5, 0.6) is 5.75 Å². The smallest absolute Gasteiger partial charge is 0.216 e. The molecule has 0 N–H and O–H groups in total. The molecule has 5 heteroatoms. The third-order valence-electron chi connectivity index (χ3n) is 4.16. The maximum atomic E-state index is 12.9. The van der Waals surface area contributed by atoms with Crippen molar-refractivity contribution in [3.8, 4) is 11.8 Å². The number of hydrogen-bond acceptors (Lipinski definition) is 4. The molecule has 0 aliphatic rings. The molecule has 0 bridgehead atoms. The molecule has 0 radical (unpaired) electrons. The predicted molar refractivity (Wildman–Crippen MR) is 102 cm³/mol. The number of benzene rings is 3. The first kappa shape index (κ1) is 17.7. The van der Waals surface area contributed by atoms with Gasteiger partial charge >= 0.3 is 0 Å². The van der Waals surface area contributed by atoms with Crippen LogP contribution in [-0.2, 0) is 9.84 Å². The van der Waals surface area contributed by atoms with E-state index in [2.05, 4.69) is 0 Å². The molecule has 0 saturated carbocycles. The van der Waals surface area contributed by atoms with E-state index in [0.717, 1.165) is 16.3 Å². The molecule has 0 atom stereocenters. The lowest BCUT2D eigenvalue weighted by atomic mass is 10.0. The number of nitrogens with zero attached hydrogens (tertiary/aromatic N) is 1. The molecule has 0 aliphatic carbocycles. The van der Waals surface area contributed by atoms with E-state index < -0.39 is 9.84 Å². The Bertz CT molecular complexity index is 1140. The average Bonchev–Trinajstić information content (AvgIpc) is 2.66.